The Labute approximate surface area is 154 Å². The predicted molar refractivity (Wildman–Crippen MR) is 99.4 cm³/mol. The van der Waals surface area contributed by atoms with Crippen molar-refractivity contribution in [3.63, 3.8) is 0 Å². The van der Waals surface area contributed by atoms with Crippen LogP contribution in [0.25, 0.3) is 0 Å². The highest BCUT2D eigenvalue weighted by Gasteiger charge is 2.36. The molecule has 0 aromatic carbocycles. The number of carboxylic acid groups (broad SMARTS) is 1. The minimum absolute atomic E-state index is 0.0122. The quantitative estimate of drug-likeness (QED) is 0.272. The van der Waals surface area contributed by atoms with Gasteiger partial charge in [0.2, 0.25) is 11.8 Å². The van der Waals surface area contributed by atoms with E-state index < -0.39 is 23.8 Å². The van der Waals surface area contributed by atoms with Crippen molar-refractivity contribution < 1.29 is 19.5 Å². The molecule has 2 amide bonds. The van der Waals surface area contributed by atoms with Gasteiger partial charge >= 0.3 is 5.97 Å². The Kier molecular flexibility index (Phi) is 10.6. The highest BCUT2D eigenvalue weighted by molar-refractivity contribution is 7.80. The molecule has 3 unspecified atom stereocenters. The van der Waals surface area contributed by atoms with Gasteiger partial charge in [0, 0.05) is 13.1 Å². The van der Waals surface area contributed by atoms with Crippen LogP contribution in [-0.2, 0) is 14.4 Å². The number of aliphatic carboxylic acids is 1. The monoisotopic (exact) mass is 373 g/mol. The smallest absolute Gasteiger partial charge is 0.307 e. The van der Waals surface area contributed by atoms with E-state index in [1.54, 1.807) is 0 Å². The number of nitrogens with two attached hydrogens (primary N) is 1. The zero-order valence-electron chi connectivity index (χ0n) is 14.7. The number of carbonyl (C=O) groups excluding carboxylic acids is 2. The first-order valence-electron chi connectivity index (χ1n) is 9.13. The van der Waals surface area contributed by atoms with Crippen molar-refractivity contribution >= 4 is 30.4 Å². The number of hydrogen-bond acceptors (Lipinski definition) is 5. The third kappa shape index (κ3) is 7.64. The van der Waals surface area contributed by atoms with Crippen LogP contribution in [0.15, 0.2) is 0 Å². The van der Waals surface area contributed by atoms with Gasteiger partial charge in [0.1, 0.15) is 6.04 Å². The molecule has 1 saturated carbocycles. The van der Waals surface area contributed by atoms with Crippen LogP contribution in [0.2, 0.25) is 0 Å². The van der Waals surface area contributed by atoms with E-state index in [2.05, 4.69) is 23.3 Å². The molecule has 5 N–H and O–H groups in total. The number of nitrogens with one attached hydrogen (secondary N) is 2. The second kappa shape index (κ2) is 12.1. The number of rotatable bonds is 11. The maximum atomic E-state index is 12.4. The summed E-state index contributed by atoms with van der Waals surface area (Å²) in [6.45, 7) is 0.528. The van der Waals surface area contributed by atoms with Crippen molar-refractivity contribution in [1.82, 2.24) is 10.6 Å². The first-order valence-corrected chi connectivity index (χ1v) is 9.76. The molecule has 8 heteroatoms. The fourth-order valence-corrected chi connectivity index (χ4v) is 3.40. The number of carboxylic acids is 1. The molecular formula is C17H31N3O4S. The summed E-state index contributed by atoms with van der Waals surface area (Å²) in [4.78, 5) is 35.9. The average Bonchev–Trinajstić information content (AvgIpc) is 2.62. The minimum atomic E-state index is -0.949. The van der Waals surface area contributed by atoms with Crippen molar-refractivity contribution in [2.45, 2.75) is 57.4 Å². The van der Waals surface area contributed by atoms with E-state index >= 15 is 0 Å². The topological polar surface area (TPSA) is 122 Å². The van der Waals surface area contributed by atoms with Gasteiger partial charge in [0.25, 0.3) is 0 Å². The number of thiol groups is 1. The molecule has 3 atom stereocenters. The minimum Gasteiger partial charge on any atom is -0.481 e. The summed E-state index contributed by atoms with van der Waals surface area (Å²) in [5.41, 5.74) is 5.62. The Morgan fingerprint density at radius 1 is 1.08 bits per heavy atom. The Morgan fingerprint density at radius 2 is 1.72 bits per heavy atom. The molecule has 1 aliphatic carbocycles. The van der Waals surface area contributed by atoms with Crippen LogP contribution < -0.4 is 16.4 Å². The van der Waals surface area contributed by atoms with Crippen LogP contribution >= 0.6 is 12.6 Å². The Bertz CT molecular complexity index is 448. The zero-order chi connectivity index (χ0) is 18.7. The summed E-state index contributed by atoms with van der Waals surface area (Å²) >= 11 is 4.15. The summed E-state index contributed by atoms with van der Waals surface area (Å²) < 4.78 is 0. The Morgan fingerprint density at radius 3 is 2.32 bits per heavy atom. The van der Waals surface area contributed by atoms with Crippen LogP contribution in [0.5, 0.6) is 0 Å². The molecule has 0 spiro atoms. The van der Waals surface area contributed by atoms with Crippen molar-refractivity contribution in [1.29, 1.82) is 0 Å². The largest absolute Gasteiger partial charge is 0.481 e. The van der Waals surface area contributed by atoms with E-state index in [4.69, 9.17) is 5.73 Å². The van der Waals surface area contributed by atoms with E-state index in [0.29, 0.717) is 19.4 Å². The van der Waals surface area contributed by atoms with Crippen molar-refractivity contribution in [3.05, 3.63) is 0 Å². The SMILES string of the molecule is NCC(NC(=O)C1CCCCC1C(=O)O)C(=O)NCCCCCCS. The standard InChI is InChI=1S/C17H31N3O4S/c18-11-14(16(22)19-9-5-1-2-6-10-25)20-15(21)12-7-3-4-8-13(12)17(23)24/h12-14,25H,1-11,18H2,(H,19,22)(H,20,21)(H,23,24). The number of unbranched alkanes of at least 4 members (excludes halogenated alkanes) is 3. The summed E-state index contributed by atoms with van der Waals surface area (Å²) in [6.07, 6.45) is 6.70. The van der Waals surface area contributed by atoms with Gasteiger partial charge < -0.3 is 21.5 Å². The lowest BCUT2D eigenvalue weighted by atomic mass is 9.78. The molecule has 1 rings (SSSR count). The third-order valence-electron chi connectivity index (χ3n) is 4.67. The molecule has 0 radical (unpaired) electrons. The third-order valence-corrected chi connectivity index (χ3v) is 4.99. The van der Waals surface area contributed by atoms with Crippen LogP contribution in [0.4, 0.5) is 0 Å². The van der Waals surface area contributed by atoms with Gasteiger partial charge in [-0.25, -0.2) is 0 Å². The summed E-state index contributed by atoms with van der Waals surface area (Å²) in [5.74, 6) is -2.04. The fourth-order valence-electron chi connectivity index (χ4n) is 3.18. The summed E-state index contributed by atoms with van der Waals surface area (Å²) in [6, 6.07) is -0.818. The lowest BCUT2D eigenvalue weighted by Gasteiger charge is -2.29. The van der Waals surface area contributed by atoms with Gasteiger partial charge in [0.15, 0.2) is 0 Å². The average molecular weight is 374 g/mol. The molecular weight excluding hydrogens is 342 g/mol. The van der Waals surface area contributed by atoms with Crippen LogP contribution in [0.3, 0.4) is 0 Å². The molecule has 25 heavy (non-hydrogen) atoms. The van der Waals surface area contributed by atoms with E-state index in [1.165, 1.54) is 0 Å². The van der Waals surface area contributed by atoms with Crippen LogP contribution in [0, 0.1) is 11.8 Å². The first-order chi connectivity index (χ1) is 12.0. The maximum absolute atomic E-state index is 12.4. The lowest BCUT2D eigenvalue weighted by molar-refractivity contribution is -0.149. The van der Waals surface area contributed by atoms with Gasteiger partial charge in [-0.15, -0.1) is 0 Å². The number of hydrogen-bond donors (Lipinski definition) is 5. The second-order valence-corrected chi connectivity index (χ2v) is 7.01. The molecule has 0 heterocycles. The maximum Gasteiger partial charge on any atom is 0.307 e. The van der Waals surface area contributed by atoms with Crippen LogP contribution in [0.1, 0.15) is 51.4 Å². The van der Waals surface area contributed by atoms with E-state index in [1.807, 2.05) is 0 Å². The summed E-state index contributed by atoms with van der Waals surface area (Å²) in [7, 11) is 0. The molecule has 144 valence electrons. The van der Waals surface area contributed by atoms with Crippen molar-refractivity contribution in [3.8, 4) is 0 Å². The van der Waals surface area contributed by atoms with E-state index in [-0.39, 0.29) is 18.4 Å². The van der Waals surface area contributed by atoms with Gasteiger partial charge in [-0.3, -0.25) is 14.4 Å². The molecule has 0 saturated heterocycles. The zero-order valence-corrected chi connectivity index (χ0v) is 15.6. The molecule has 1 aliphatic rings. The van der Waals surface area contributed by atoms with Gasteiger partial charge in [-0.05, 0) is 31.4 Å². The first kappa shape index (κ1) is 21.8. The lowest BCUT2D eigenvalue weighted by Crippen LogP contribution is -2.53. The van der Waals surface area contributed by atoms with Crippen molar-refractivity contribution in [2.75, 3.05) is 18.8 Å². The van der Waals surface area contributed by atoms with Crippen molar-refractivity contribution in [2.24, 2.45) is 17.6 Å². The Hall–Kier alpha value is -1.28. The van der Waals surface area contributed by atoms with E-state index in [9.17, 15) is 19.5 Å². The van der Waals surface area contributed by atoms with Gasteiger partial charge in [0.05, 0.1) is 11.8 Å². The van der Waals surface area contributed by atoms with E-state index in [0.717, 1.165) is 44.3 Å². The van der Waals surface area contributed by atoms with Gasteiger partial charge in [-0.1, -0.05) is 25.7 Å². The molecule has 0 aromatic rings. The summed E-state index contributed by atoms with van der Waals surface area (Å²) in [5, 5.41) is 14.7. The highest BCUT2D eigenvalue weighted by atomic mass is 32.1. The molecule has 0 aliphatic heterocycles. The molecule has 0 bridgehead atoms. The Balaban J connectivity index is 2.43. The number of amides is 2. The second-order valence-electron chi connectivity index (χ2n) is 6.56. The highest BCUT2D eigenvalue weighted by Crippen LogP contribution is 2.30. The fraction of sp³-hybridized carbons (Fsp3) is 0.824. The predicted octanol–water partition coefficient (Wildman–Crippen LogP) is 0.927. The number of carbonyl (C=O) groups is 3. The molecule has 7 nitrogen and oxygen atoms in total. The molecule has 1 fully saturated rings. The van der Waals surface area contributed by atoms with Gasteiger partial charge in [-0.2, -0.15) is 12.6 Å². The van der Waals surface area contributed by atoms with Crippen LogP contribution in [-0.4, -0.2) is 47.8 Å². The normalized spacial score (nSPS) is 21.4. The molecule has 0 aromatic heterocycles.